The zero-order valence-electron chi connectivity index (χ0n) is 18.9. The predicted octanol–water partition coefficient (Wildman–Crippen LogP) is 3.64. The summed E-state index contributed by atoms with van der Waals surface area (Å²) < 4.78 is 7.15. The summed E-state index contributed by atoms with van der Waals surface area (Å²) in [5.74, 6) is -1.29. The van der Waals surface area contributed by atoms with Crippen LogP contribution >= 0.6 is 35.4 Å². The van der Waals surface area contributed by atoms with E-state index in [0.29, 0.717) is 31.9 Å². The normalized spacial score (nSPS) is 17.7. The molecule has 1 aromatic heterocycles. The van der Waals surface area contributed by atoms with Crippen LogP contribution in [0, 0.1) is 0 Å². The van der Waals surface area contributed by atoms with Gasteiger partial charge in [-0.2, -0.15) is 0 Å². The molecule has 2 saturated heterocycles. The average molecular weight is 543 g/mol. The molecule has 184 valence electrons. The zero-order chi connectivity index (χ0) is 25.4. The van der Waals surface area contributed by atoms with Gasteiger partial charge in [-0.1, -0.05) is 47.5 Å². The highest BCUT2D eigenvalue weighted by molar-refractivity contribution is 7.80. The number of halogens is 2. The van der Waals surface area contributed by atoms with Gasteiger partial charge >= 0.3 is 0 Å². The van der Waals surface area contributed by atoms with Crippen LogP contribution in [0.5, 0.6) is 0 Å². The minimum absolute atomic E-state index is 0.0307. The summed E-state index contributed by atoms with van der Waals surface area (Å²) in [5, 5.41) is 3.65. The van der Waals surface area contributed by atoms with Crippen molar-refractivity contribution in [2.45, 2.75) is 6.54 Å². The molecule has 0 aliphatic carbocycles. The molecule has 1 N–H and O–H groups in total. The predicted molar refractivity (Wildman–Crippen MR) is 142 cm³/mol. The van der Waals surface area contributed by atoms with Crippen molar-refractivity contribution < 1.29 is 19.1 Å². The second-order valence-corrected chi connectivity index (χ2v) is 9.43. The third kappa shape index (κ3) is 4.51. The first-order chi connectivity index (χ1) is 17.3. The lowest BCUT2D eigenvalue weighted by atomic mass is 10.1. The molecular weight excluding hydrogens is 523 g/mol. The number of thiocarbonyl (C=S) groups is 1. The Bertz CT molecular complexity index is 1450. The number of hydrogen-bond donors (Lipinski definition) is 1. The van der Waals surface area contributed by atoms with Gasteiger partial charge in [0.05, 0.1) is 28.9 Å². The molecule has 36 heavy (non-hydrogen) atoms. The molecule has 3 heterocycles. The number of hydrogen-bond acceptors (Lipinski definition) is 5. The van der Waals surface area contributed by atoms with Crippen LogP contribution in [-0.2, 0) is 25.7 Å². The number of para-hydroxylation sites is 1. The average Bonchev–Trinajstić information content (AvgIpc) is 3.22. The van der Waals surface area contributed by atoms with E-state index >= 15 is 0 Å². The summed E-state index contributed by atoms with van der Waals surface area (Å²) in [7, 11) is 0. The number of benzene rings is 2. The summed E-state index contributed by atoms with van der Waals surface area (Å²) in [4.78, 5) is 42.1. The van der Waals surface area contributed by atoms with Gasteiger partial charge in [0, 0.05) is 35.8 Å². The molecule has 2 aromatic carbocycles. The van der Waals surface area contributed by atoms with Gasteiger partial charge in [0.1, 0.15) is 12.1 Å². The summed E-state index contributed by atoms with van der Waals surface area (Å²) in [6.45, 7) is 2.25. The Kier molecular flexibility index (Phi) is 6.81. The molecule has 2 aliphatic heterocycles. The Labute approximate surface area is 222 Å². The Morgan fingerprint density at radius 2 is 1.83 bits per heavy atom. The zero-order valence-corrected chi connectivity index (χ0v) is 21.2. The van der Waals surface area contributed by atoms with Gasteiger partial charge in [0.15, 0.2) is 5.11 Å². The van der Waals surface area contributed by atoms with Gasteiger partial charge in [-0.05, 0) is 36.5 Å². The molecule has 3 amide bonds. The van der Waals surface area contributed by atoms with Gasteiger partial charge in [-0.3, -0.25) is 24.6 Å². The fourth-order valence-electron chi connectivity index (χ4n) is 4.28. The van der Waals surface area contributed by atoms with Gasteiger partial charge in [0.25, 0.3) is 11.8 Å². The first-order valence-electron chi connectivity index (χ1n) is 11.1. The smallest absolute Gasteiger partial charge is 0.270 e. The molecule has 0 bridgehead atoms. The van der Waals surface area contributed by atoms with Crippen LogP contribution in [0.4, 0.5) is 5.69 Å². The van der Waals surface area contributed by atoms with Crippen molar-refractivity contribution in [2.24, 2.45) is 0 Å². The van der Waals surface area contributed by atoms with Gasteiger partial charge < -0.3 is 14.2 Å². The molecule has 0 radical (unpaired) electrons. The van der Waals surface area contributed by atoms with E-state index in [-0.39, 0.29) is 38.9 Å². The number of carbonyl (C=O) groups excluding carboxylic acids is 3. The second kappa shape index (κ2) is 10.0. The topological polar surface area (TPSA) is 83.9 Å². The van der Waals surface area contributed by atoms with E-state index < -0.39 is 11.8 Å². The summed E-state index contributed by atoms with van der Waals surface area (Å²) in [6, 6.07) is 12.3. The van der Waals surface area contributed by atoms with Crippen molar-refractivity contribution in [3.63, 3.8) is 0 Å². The SMILES string of the molecule is O=C1NC(=S)N(c2cccc(Cl)c2Cl)C(=O)/C1=C/c1cn(CC(=O)N2CCOCC2)c2ccccc12. The van der Waals surface area contributed by atoms with E-state index in [2.05, 4.69) is 5.32 Å². The number of nitrogens with one attached hydrogen (secondary N) is 1. The van der Waals surface area contributed by atoms with Gasteiger partial charge in [-0.25, -0.2) is 0 Å². The molecular formula is C25H20Cl2N4O4S. The Morgan fingerprint density at radius 3 is 2.61 bits per heavy atom. The standard InChI is InChI=1S/C25H20Cl2N4O4S/c26-18-5-3-7-20(22(18)27)31-24(34)17(23(33)28-25(31)36)12-15-13-30(19-6-2-1-4-16(15)19)14-21(32)29-8-10-35-11-9-29/h1-7,12-13H,8-11,14H2,(H,28,33,36)/b17-12+. The summed E-state index contributed by atoms with van der Waals surface area (Å²) in [6.07, 6.45) is 3.27. The molecule has 0 saturated carbocycles. The maximum absolute atomic E-state index is 13.5. The molecule has 2 aliphatic rings. The van der Waals surface area contributed by atoms with Crippen LogP contribution in [0.1, 0.15) is 5.56 Å². The molecule has 0 atom stereocenters. The third-order valence-electron chi connectivity index (χ3n) is 6.06. The lowest BCUT2D eigenvalue weighted by Gasteiger charge is -2.29. The highest BCUT2D eigenvalue weighted by Crippen LogP contribution is 2.34. The quantitative estimate of drug-likeness (QED) is 0.309. The fourth-order valence-corrected chi connectivity index (χ4v) is 4.93. The molecule has 3 aromatic rings. The van der Waals surface area contributed by atoms with Crippen molar-refractivity contribution >= 4 is 80.9 Å². The van der Waals surface area contributed by atoms with Crippen LogP contribution in [0.25, 0.3) is 17.0 Å². The Hall–Kier alpha value is -3.24. The number of aromatic nitrogens is 1. The van der Waals surface area contributed by atoms with Gasteiger partial charge in [-0.15, -0.1) is 0 Å². The van der Waals surface area contributed by atoms with Crippen LogP contribution in [-0.4, -0.2) is 58.6 Å². The van der Waals surface area contributed by atoms with Crippen LogP contribution < -0.4 is 10.2 Å². The van der Waals surface area contributed by atoms with E-state index in [1.165, 1.54) is 6.08 Å². The van der Waals surface area contributed by atoms with Crippen molar-refractivity contribution in [3.8, 4) is 0 Å². The number of anilines is 1. The first-order valence-corrected chi connectivity index (χ1v) is 12.3. The number of nitrogens with zero attached hydrogens (tertiary/aromatic N) is 3. The number of rotatable bonds is 4. The molecule has 0 unspecified atom stereocenters. The van der Waals surface area contributed by atoms with Crippen LogP contribution in [0.2, 0.25) is 10.0 Å². The largest absolute Gasteiger partial charge is 0.378 e. The van der Waals surface area contributed by atoms with E-state index in [9.17, 15) is 14.4 Å². The highest BCUT2D eigenvalue weighted by atomic mass is 35.5. The van der Waals surface area contributed by atoms with Crippen molar-refractivity contribution in [2.75, 3.05) is 31.2 Å². The van der Waals surface area contributed by atoms with Crippen molar-refractivity contribution in [1.29, 1.82) is 0 Å². The third-order valence-corrected chi connectivity index (χ3v) is 7.16. The minimum atomic E-state index is -0.630. The fraction of sp³-hybridized carbons (Fsp3) is 0.200. The van der Waals surface area contributed by atoms with Crippen LogP contribution in [0.3, 0.4) is 0 Å². The minimum Gasteiger partial charge on any atom is -0.378 e. The maximum atomic E-state index is 13.5. The molecule has 11 heteroatoms. The van der Waals surface area contributed by atoms with Crippen LogP contribution in [0.15, 0.2) is 54.2 Å². The molecule has 0 spiro atoms. The van der Waals surface area contributed by atoms with Gasteiger partial charge in [0.2, 0.25) is 5.91 Å². The van der Waals surface area contributed by atoms with E-state index in [4.69, 9.17) is 40.2 Å². The Balaban J connectivity index is 1.52. The van der Waals surface area contributed by atoms with E-state index in [1.807, 2.05) is 28.8 Å². The highest BCUT2D eigenvalue weighted by Gasteiger charge is 2.36. The molecule has 2 fully saturated rings. The lowest BCUT2D eigenvalue weighted by Crippen LogP contribution is -2.54. The summed E-state index contributed by atoms with van der Waals surface area (Å²) in [5.41, 5.74) is 1.56. The van der Waals surface area contributed by atoms with E-state index in [0.717, 1.165) is 15.8 Å². The first kappa shape index (κ1) is 24.5. The lowest BCUT2D eigenvalue weighted by molar-refractivity contribution is -0.135. The number of amides is 3. The summed E-state index contributed by atoms with van der Waals surface area (Å²) >= 11 is 17.7. The second-order valence-electron chi connectivity index (χ2n) is 8.25. The molecule has 5 rings (SSSR count). The Morgan fingerprint density at radius 1 is 1.08 bits per heavy atom. The van der Waals surface area contributed by atoms with Crippen molar-refractivity contribution in [3.05, 3.63) is 69.8 Å². The maximum Gasteiger partial charge on any atom is 0.270 e. The number of fused-ring (bicyclic) bond motifs is 1. The van der Waals surface area contributed by atoms with Crippen molar-refractivity contribution in [1.82, 2.24) is 14.8 Å². The number of ether oxygens (including phenoxy) is 1. The monoisotopic (exact) mass is 542 g/mol. The molecule has 8 nitrogen and oxygen atoms in total. The number of morpholine rings is 1. The number of carbonyl (C=O) groups is 3. The van der Waals surface area contributed by atoms with E-state index in [1.54, 1.807) is 29.3 Å².